The minimum atomic E-state index is -0.811. The van der Waals surface area contributed by atoms with Crippen molar-refractivity contribution in [1.29, 1.82) is 0 Å². The molecule has 1 saturated carbocycles. The Balaban J connectivity index is 1.80. The molecule has 0 radical (unpaired) electrons. The Bertz CT molecular complexity index is 325. The van der Waals surface area contributed by atoms with E-state index in [-0.39, 0.29) is 0 Å². The molecule has 1 aliphatic rings. The molecule has 0 amide bonds. The molecule has 82 valence electrons. The Hall–Kier alpha value is -1.08. The molecule has 1 aliphatic carbocycles. The number of hydrogen-bond acceptors (Lipinski definition) is 5. The van der Waals surface area contributed by atoms with Crippen molar-refractivity contribution < 1.29 is 9.90 Å². The summed E-state index contributed by atoms with van der Waals surface area (Å²) >= 11 is 1.36. The summed E-state index contributed by atoms with van der Waals surface area (Å²) in [5.41, 5.74) is 0. The lowest BCUT2D eigenvalue weighted by Crippen LogP contribution is -2.40. The van der Waals surface area contributed by atoms with Gasteiger partial charge in [0.2, 0.25) is 0 Å². The van der Waals surface area contributed by atoms with Gasteiger partial charge in [-0.15, -0.1) is 0 Å². The van der Waals surface area contributed by atoms with Crippen molar-refractivity contribution in [2.45, 2.75) is 30.1 Å². The lowest BCUT2D eigenvalue weighted by Gasteiger charge is -2.11. The first kappa shape index (κ1) is 10.4. The molecule has 1 heterocycles. The van der Waals surface area contributed by atoms with Crippen LogP contribution in [0.5, 0.6) is 0 Å². The highest BCUT2D eigenvalue weighted by atomic mass is 32.2. The van der Waals surface area contributed by atoms with Gasteiger partial charge in [0.1, 0.15) is 12.4 Å². The lowest BCUT2D eigenvalue weighted by atomic mass is 10.3. The van der Waals surface area contributed by atoms with Gasteiger partial charge in [-0.1, -0.05) is 11.8 Å². The zero-order chi connectivity index (χ0) is 10.7. The predicted molar refractivity (Wildman–Crippen MR) is 54.7 cm³/mol. The second kappa shape index (κ2) is 4.63. The van der Waals surface area contributed by atoms with Gasteiger partial charge in [0, 0.05) is 11.8 Å². The van der Waals surface area contributed by atoms with Gasteiger partial charge in [0.15, 0.2) is 5.16 Å². The van der Waals surface area contributed by atoms with Crippen LogP contribution < -0.4 is 5.32 Å². The van der Waals surface area contributed by atoms with Crippen LogP contribution in [0.2, 0.25) is 0 Å². The van der Waals surface area contributed by atoms with Crippen LogP contribution in [-0.4, -0.2) is 44.1 Å². The Labute approximate surface area is 90.9 Å². The first-order valence-electron chi connectivity index (χ1n) is 4.72. The van der Waals surface area contributed by atoms with Crippen LogP contribution in [0.15, 0.2) is 11.5 Å². The SMILES string of the molecule is O=C(O)C(CSc1ncn[nH]1)NC1CC1. The van der Waals surface area contributed by atoms with E-state index in [1.807, 2.05) is 0 Å². The monoisotopic (exact) mass is 228 g/mol. The van der Waals surface area contributed by atoms with Crippen molar-refractivity contribution in [2.24, 2.45) is 0 Å². The minimum Gasteiger partial charge on any atom is -0.480 e. The zero-order valence-corrected chi connectivity index (χ0v) is 8.83. The van der Waals surface area contributed by atoms with E-state index < -0.39 is 12.0 Å². The fraction of sp³-hybridized carbons (Fsp3) is 0.625. The predicted octanol–water partition coefficient (Wildman–Crippen LogP) is 0.102. The highest BCUT2D eigenvalue weighted by molar-refractivity contribution is 7.99. The average Bonchev–Trinajstić information content (AvgIpc) is 2.87. The zero-order valence-electron chi connectivity index (χ0n) is 8.01. The third-order valence-electron chi connectivity index (χ3n) is 2.09. The van der Waals surface area contributed by atoms with Crippen molar-refractivity contribution in [2.75, 3.05) is 5.75 Å². The molecule has 0 bridgehead atoms. The number of carbonyl (C=O) groups is 1. The van der Waals surface area contributed by atoms with Crippen LogP contribution in [0.1, 0.15) is 12.8 Å². The van der Waals surface area contributed by atoms with Crippen molar-refractivity contribution in [3.8, 4) is 0 Å². The number of nitrogens with zero attached hydrogens (tertiary/aromatic N) is 2. The summed E-state index contributed by atoms with van der Waals surface area (Å²) < 4.78 is 0. The molecule has 15 heavy (non-hydrogen) atoms. The number of thioether (sulfide) groups is 1. The van der Waals surface area contributed by atoms with Gasteiger partial charge < -0.3 is 10.4 Å². The van der Waals surface area contributed by atoms with Gasteiger partial charge in [0.25, 0.3) is 0 Å². The van der Waals surface area contributed by atoms with E-state index in [0.29, 0.717) is 17.0 Å². The Morgan fingerprint density at radius 1 is 1.80 bits per heavy atom. The summed E-state index contributed by atoms with van der Waals surface area (Å²) in [6.07, 6.45) is 3.57. The maximum atomic E-state index is 10.9. The van der Waals surface area contributed by atoms with Crippen LogP contribution in [0, 0.1) is 0 Å². The fourth-order valence-electron chi connectivity index (χ4n) is 1.15. The van der Waals surface area contributed by atoms with Gasteiger partial charge in [-0.2, -0.15) is 5.10 Å². The molecular formula is C8H12N4O2S. The quantitative estimate of drug-likeness (QED) is 0.598. The molecule has 1 unspecified atom stereocenters. The third kappa shape index (κ3) is 3.21. The van der Waals surface area contributed by atoms with Crippen molar-refractivity contribution in [3.63, 3.8) is 0 Å². The molecule has 1 aromatic rings. The van der Waals surface area contributed by atoms with E-state index in [9.17, 15) is 4.79 Å². The topological polar surface area (TPSA) is 90.9 Å². The molecule has 1 aromatic heterocycles. The summed E-state index contributed by atoms with van der Waals surface area (Å²) in [4.78, 5) is 14.8. The van der Waals surface area contributed by atoms with Crippen LogP contribution in [0.25, 0.3) is 0 Å². The lowest BCUT2D eigenvalue weighted by molar-refractivity contribution is -0.138. The van der Waals surface area contributed by atoms with E-state index in [1.165, 1.54) is 18.1 Å². The Kier molecular flexibility index (Phi) is 3.22. The molecule has 6 nitrogen and oxygen atoms in total. The van der Waals surface area contributed by atoms with Gasteiger partial charge in [-0.3, -0.25) is 9.89 Å². The fourth-order valence-corrected chi connectivity index (χ4v) is 1.95. The molecular weight excluding hydrogens is 216 g/mol. The smallest absolute Gasteiger partial charge is 0.321 e. The standard InChI is InChI=1S/C8H12N4O2S/c13-7(14)6(11-5-1-2-5)3-15-8-9-4-10-12-8/h4-6,11H,1-3H2,(H,13,14)(H,9,10,12). The van der Waals surface area contributed by atoms with E-state index in [1.54, 1.807) is 0 Å². The number of aromatic nitrogens is 3. The molecule has 7 heteroatoms. The van der Waals surface area contributed by atoms with Gasteiger partial charge in [0.05, 0.1) is 0 Å². The largest absolute Gasteiger partial charge is 0.480 e. The molecule has 3 N–H and O–H groups in total. The van der Waals surface area contributed by atoms with Crippen molar-refractivity contribution in [1.82, 2.24) is 20.5 Å². The molecule has 1 fully saturated rings. The summed E-state index contributed by atoms with van der Waals surface area (Å²) in [5, 5.41) is 19.1. The maximum absolute atomic E-state index is 10.9. The van der Waals surface area contributed by atoms with E-state index >= 15 is 0 Å². The van der Waals surface area contributed by atoms with Gasteiger partial charge in [-0.25, -0.2) is 4.98 Å². The molecule has 0 aliphatic heterocycles. The number of rotatable bonds is 6. The Morgan fingerprint density at radius 2 is 2.60 bits per heavy atom. The van der Waals surface area contributed by atoms with E-state index in [4.69, 9.17) is 5.11 Å². The number of carboxylic acid groups (broad SMARTS) is 1. The molecule has 2 rings (SSSR count). The number of hydrogen-bond donors (Lipinski definition) is 3. The summed E-state index contributed by atoms with van der Waals surface area (Å²) in [5.74, 6) is -0.352. The van der Waals surface area contributed by atoms with Crippen LogP contribution in [0.4, 0.5) is 0 Å². The van der Waals surface area contributed by atoms with Gasteiger partial charge >= 0.3 is 5.97 Å². The number of aliphatic carboxylic acids is 1. The summed E-state index contributed by atoms with van der Waals surface area (Å²) in [7, 11) is 0. The summed E-state index contributed by atoms with van der Waals surface area (Å²) in [6, 6.07) is -0.117. The molecule has 0 aromatic carbocycles. The highest BCUT2D eigenvalue weighted by Gasteiger charge is 2.28. The van der Waals surface area contributed by atoms with E-state index in [2.05, 4.69) is 20.5 Å². The second-order valence-electron chi connectivity index (χ2n) is 3.43. The van der Waals surface area contributed by atoms with Gasteiger partial charge in [-0.05, 0) is 12.8 Å². The summed E-state index contributed by atoms with van der Waals surface area (Å²) in [6.45, 7) is 0. The molecule has 0 saturated heterocycles. The normalized spacial score (nSPS) is 17.6. The minimum absolute atomic E-state index is 0.390. The Morgan fingerprint density at radius 3 is 3.13 bits per heavy atom. The van der Waals surface area contributed by atoms with Crippen molar-refractivity contribution in [3.05, 3.63) is 6.33 Å². The number of aromatic amines is 1. The van der Waals surface area contributed by atoms with E-state index in [0.717, 1.165) is 12.8 Å². The highest BCUT2D eigenvalue weighted by Crippen LogP contribution is 2.21. The average molecular weight is 228 g/mol. The first-order chi connectivity index (χ1) is 7.25. The maximum Gasteiger partial charge on any atom is 0.321 e. The second-order valence-corrected chi connectivity index (χ2v) is 4.44. The van der Waals surface area contributed by atoms with Crippen LogP contribution in [0.3, 0.4) is 0 Å². The molecule has 1 atom stereocenters. The number of nitrogens with one attached hydrogen (secondary N) is 2. The number of H-pyrrole nitrogens is 1. The third-order valence-corrected chi connectivity index (χ3v) is 3.06. The first-order valence-corrected chi connectivity index (χ1v) is 5.71. The van der Waals surface area contributed by atoms with Crippen molar-refractivity contribution >= 4 is 17.7 Å². The van der Waals surface area contributed by atoms with Crippen LogP contribution >= 0.6 is 11.8 Å². The molecule has 0 spiro atoms. The van der Waals surface area contributed by atoms with Crippen LogP contribution in [-0.2, 0) is 4.79 Å². The number of carboxylic acids is 1.